The molecular weight excluding hydrogens is 278 g/mol. The van der Waals surface area contributed by atoms with Gasteiger partial charge in [-0.05, 0) is 37.1 Å². The van der Waals surface area contributed by atoms with Gasteiger partial charge in [0.2, 0.25) is 15.9 Å². The molecule has 1 aromatic carbocycles. The number of nitrogens with one attached hydrogen (secondary N) is 3. The smallest absolute Gasteiger partial charge is 0.240 e. The van der Waals surface area contributed by atoms with Crippen LogP contribution in [0, 0.1) is 0 Å². The van der Waals surface area contributed by atoms with Gasteiger partial charge in [0, 0.05) is 18.3 Å². The van der Waals surface area contributed by atoms with Crippen LogP contribution in [0.25, 0.3) is 0 Å². The quantitative estimate of drug-likeness (QED) is 0.690. The van der Waals surface area contributed by atoms with Crippen molar-refractivity contribution in [3.63, 3.8) is 0 Å². The normalized spacial score (nSPS) is 14.8. The number of sulfonamides is 1. The second-order valence-corrected chi connectivity index (χ2v) is 6.49. The van der Waals surface area contributed by atoms with Crippen LogP contribution in [0.4, 0.5) is 5.69 Å². The van der Waals surface area contributed by atoms with Crippen LogP contribution in [-0.2, 0) is 14.8 Å². The third-order valence-electron chi connectivity index (χ3n) is 2.89. The highest BCUT2D eigenvalue weighted by molar-refractivity contribution is 7.89. The van der Waals surface area contributed by atoms with Crippen molar-refractivity contribution in [1.29, 1.82) is 0 Å². The van der Waals surface area contributed by atoms with Crippen LogP contribution in [0.15, 0.2) is 29.2 Å². The van der Waals surface area contributed by atoms with Gasteiger partial charge in [-0.15, -0.1) is 0 Å². The molecule has 20 heavy (non-hydrogen) atoms. The zero-order valence-corrected chi connectivity index (χ0v) is 12.2. The predicted octanol–water partition coefficient (Wildman–Crippen LogP) is 0.675. The fourth-order valence-corrected chi connectivity index (χ4v) is 2.76. The molecule has 2 rings (SSSR count). The van der Waals surface area contributed by atoms with Crippen LogP contribution in [0.5, 0.6) is 0 Å². The summed E-state index contributed by atoms with van der Waals surface area (Å²) in [6.45, 7) is 2.27. The molecule has 0 aliphatic heterocycles. The van der Waals surface area contributed by atoms with Gasteiger partial charge >= 0.3 is 0 Å². The standard InChI is InChI=1S/C13H19N3O3S/c1-2-15-20(18,19)12-7-5-10(6-8-12)14-9-13(17)16-11-3-4-11/h5-8,11,14-15H,2-4,9H2,1H3,(H,16,17). The fraction of sp³-hybridized carbons (Fsp3) is 0.462. The van der Waals surface area contributed by atoms with Crippen molar-refractivity contribution in [3.05, 3.63) is 24.3 Å². The van der Waals surface area contributed by atoms with Gasteiger partial charge in [0.25, 0.3) is 0 Å². The van der Waals surface area contributed by atoms with E-state index in [2.05, 4.69) is 15.4 Å². The van der Waals surface area contributed by atoms with Gasteiger partial charge in [0.05, 0.1) is 11.4 Å². The van der Waals surface area contributed by atoms with Gasteiger partial charge in [-0.2, -0.15) is 0 Å². The van der Waals surface area contributed by atoms with Gasteiger partial charge in [0.15, 0.2) is 0 Å². The first-order valence-electron chi connectivity index (χ1n) is 6.64. The minimum atomic E-state index is -3.42. The van der Waals surface area contributed by atoms with Crippen molar-refractivity contribution < 1.29 is 13.2 Å². The Balaban J connectivity index is 1.89. The minimum absolute atomic E-state index is 0.0446. The van der Waals surface area contributed by atoms with Gasteiger partial charge in [-0.25, -0.2) is 13.1 Å². The SMILES string of the molecule is CCNS(=O)(=O)c1ccc(NCC(=O)NC2CC2)cc1. The third kappa shape index (κ3) is 4.21. The van der Waals surface area contributed by atoms with E-state index in [1.807, 2.05) is 0 Å². The van der Waals surface area contributed by atoms with E-state index < -0.39 is 10.0 Å². The molecule has 0 saturated heterocycles. The molecule has 1 aliphatic rings. The summed E-state index contributed by atoms with van der Waals surface area (Å²) >= 11 is 0. The molecule has 1 saturated carbocycles. The highest BCUT2D eigenvalue weighted by Gasteiger charge is 2.22. The van der Waals surface area contributed by atoms with Crippen molar-refractivity contribution >= 4 is 21.6 Å². The number of amides is 1. The van der Waals surface area contributed by atoms with E-state index in [9.17, 15) is 13.2 Å². The zero-order valence-electron chi connectivity index (χ0n) is 11.3. The third-order valence-corrected chi connectivity index (χ3v) is 4.46. The Bertz CT molecular complexity index is 565. The average Bonchev–Trinajstić information content (AvgIpc) is 3.21. The molecule has 0 heterocycles. The Morgan fingerprint density at radius 3 is 2.45 bits per heavy atom. The van der Waals surface area contributed by atoms with Crippen LogP contribution >= 0.6 is 0 Å². The Labute approximate surface area is 119 Å². The van der Waals surface area contributed by atoms with E-state index in [1.54, 1.807) is 19.1 Å². The van der Waals surface area contributed by atoms with E-state index in [4.69, 9.17) is 0 Å². The first kappa shape index (κ1) is 14.8. The minimum Gasteiger partial charge on any atom is -0.376 e. The van der Waals surface area contributed by atoms with Gasteiger partial charge < -0.3 is 10.6 Å². The van der Waals surface area contributed by atoms with Crippen LogP contribution < -0.4 is 15.4 Å². The van der Waals surface area contributed by atoms with Crippen molar-refractivity contribution in [3.8, 4) is 0 Å². The lowest BCUT2D eigenvalue weighted by Crippen LogP contribution is -2.31. The topological polar surface area (TPSA) is 87.3 Å². The Kier molecular flexibility index (Phi) is 4.61. The molecule has 6 nitrogen and oxygen atoms in total. The lowest BCUT2D eigenvalue weighted by atomic mass is 10.3. The summed E-state index contributed by atoms with van der Waals surface area (Å²) in [6, 6.07) is 6.67. The number of carbonyl (C=O) groups excluding carboxylic acids is 1. The first-order valence-corrected chi connectivity index (χ1v) is 8.12. The van der Waals surface area contributed by atoms with Crippen molar-refractivity contribution in [2.24, 2.45) is 0 Å². The summed E-state index contributed by atoms with van der Waals surface area (Å²) in [5.74, 6) is -0.0446. The van der Waals surface area contributed by atoms with Crippen LogP contribution in [0.3, 0.4) is 0 Å². The number of benzene rings is 1. The largest absolute Gasteiger partial charge is 0.376 e. The van der Waals surface area contributed by atoms with E-state index in [0.29, 0.717) is 18.3 Å². The second-order valence-electron chi connectivity index (χ2n) is 4.72. The van der Waals surface area contributed by atoms with Crippen LogP contribution in [-0.4, -0.2) is 33.5 Å². The Hall–Kier alpha value is -1.60. The molecule has 0 aromatic heterocycles. The summed E-state index contributed by atoms with van der Waals surface area (Å²) in [4.78, 5) is 11.7. The molecule has 3 N–H and O–H groups in total. The van der Waals surface area contributed by atoms with Gasteiger partial charge in [-0.3, -0.25) is 4.79 Å². The summed E-state index contributed by atoms with van der Waals surface area (Å²) < 4.78 is 25.9. The summed E-state index contributed by atoms with van der Waals surface area (Å²) in [6.07, 6.45) is 2.12. The van der Waals surface area contributed by atoms with E-state index in [-0.39, 0.29) is 17.3 Å². The average molecular weight is 297 g/mol. The number of carbonyl (C=O) groups is 1. The maximum absolute atomic E-state index is 11.7. The van der Waals surface area contributed by atoms with Gasteiger partial charge in [-0.1, -0.05) is 6.92 Å². The zero-order chi connectivity index (χ0) is 14.6. The maximum atomic E-state index is 11.7. The van der Waals surface area contributed by atoms with Crippen molar-refractivity contribution in [2.45, 2.75) is 30.7 Å². The molecular formula is C13H19N3O3S. The molecule has 0 unspecified atom stereocenters. The summed E-state index contributed by atoms with van der Waals surface area (Å²) in [7, 11) is -3.42. The number of anilines is 1. The summed E-state index contributed by atoms with van der Waals surface area (Å²) in [5, 5.41) is 5.83. The van der Waals surface area contributed by atoms with E-state index >= 15 is 0 Å². The van der Waals surface area contributed by atoms with Crippen molar-refractivity contribution in [1.82, 2.24) is 10.0 Å². The highest BCUT2D eigenvalue weighted by Crippen LogP contribution is 2.18. The summed E-state index contributed by atoms with van der Waals surface area (Å²) in [5.41, 5.74) is 0.714. The molecule has 0 atom stereocenters. The van der Waals surface area contributed by atoms with Gasteiger partial charge in [0.1, 0.15) is 0 Å². The molecule has 0 bridgehead atoms. The Morgan fingerprint density at radius 1 is 1.25 bits per heavy atom. The molecule has 7 heteroatoms. The van der Waals surface area contributed by atoms with Crippen molar-refractivity contribution in [2.75, 3.05) is 18.4 Å². The molecule has 1 aliphatic carbocycles. The van der Waals surface area contributed by atoms with E-state index in [1.165, 1.54) is 12.1 Å². The number of rotatable bonds is 7. The molecule has 0 radical (unpaired) electrons. The molecule has 1 fully saturated rings. The second kappa shape index (κ2) is 6.23. The molecule has 1 amide bonds. The number of hydrogen-bond donors (Lipinski definition) is 3. The van der Waals surface area contributed by atoms with E-state index in [0.717, 1.165) is 12.8 Å². The number of hydrogen-bond acceptors (Lipinski definition) is 4. The predicted molar refractivity (Wildman–Crippen MR) is 77.0 cm³/mol. The molecule has 1 aromatic rings. The van der Waals surface area contributed by atoms with Crippen LogP contribution in [0.2, 0.25) is 0 Å². The Morgan fingerprint density at radius 2 is 1.90 bits per heavy atom. The fourth-order valence-electron chi connectivity index (χ4n) is 1.71. The van der Waals surface area contributed by atoms with Crippen LogP contribution in [0.1, 0.15) is 19.8 Å². The molecule has 0 spiro atoms. The molecule has 110 valence electrons. The lowest BCUT2D eigenvalue weighted by molar-refractivity contribution is -0.119. The monoisotopic (exact) mass is 297 g/mol. The maximum Gasteiger partial charge on any atom is 0.240 e. The lowest BCUT2D eigenvalue weighted by Gasteiger charge is -2.08. The highest BCUT2D eigenvalue weighted by atomic mass is 32.2. The first-order chi connectivity index (χ1) is 9.51.